The molecule has 0 aliphatic heterocycles. The van der Waals surface area contributed by atoms with Crippen LogP contribution in [0.2, 0.25) is 0 Å². The summed E-state index contributed by atoms with van der Waals surface area (Å²) in [7, 11) is 1.97. The lowest BCUT2D eigenvalue weighted by Crippen LogP contribution is -2.31. The van der Waals surface area contributed by atoms with Crippen LogP contribution in [0.4, 0.5) is 5.82 Å². The molecule has 1 N–H and O–H groups in total. The fourth-order valence-corrected chi connectivity index (χ4v) is 2.74. The Kier molecular flexibility index (Phi) is 5.95. The fraction of sp³-hybridized carbons (Fsp3) is 0.467. The number of hydrogen-bond acceptors (Lipinski definition) is 4. The highest BCUT2D eigenvalue weighted by Crippen LogP contribution is 2.14. The molecule has 2 aromatic heterocycles. The number of nitrogens with one attached hydrogen (secondary N) is 1. The van der Waals surface area contributed by atoms with Crippen LogP contribution < -0.4 is 5.32 Å². The summed E-state index contributed by atoms with van der Waals surface area (Å²) < 4.78 is 1.82. The van der Waals surface area contributed by atoms with Gasteiger partial charge in [0, 0.05) is 10.9 Å². The molecular formula is C15H22N4OS. The number of rotatable bonds is 8. The molecule has 5 nitrogen and oxygen atoms in total. The number of carbonyl (C=O) groups excluding carboxylic acids is 1. The summed E-state index contributed by atoms with van der Waals surface area (Å²) in [5.74, 6) is 0.749. The van der Waals surface area contributed by atoms with Crippen LogP contribution in [-0.4, -0.2) is 40.7 Å². The quantitative estimate of drug-likeness (QED) is 0.816. The van der Waals surface area contributed by atoms with Crippen LogP contribution in [0.1, 0.15) is 24.6 Å². The van der Waals surface area contributed by atoms with Crippen molar-refractivity contribution in [2.75, 3.05) is 25.5 Å². The molecule has 0 fully saturated rings. The molecule has 2 heterocycles. The zero-order valence-corrected chi connectivity index (χ0v) is 13.4. The Hall–Kier alpha value is -1.66. The summed E-state index contributed by atoms with van der Waals surface area (Å²) in [6.45, 7) is 4.19. The van der Waals surface area contributed by atoms with Crippen molar-refractivity contribution in [3.05, 3.63) is 34.7 Å². The minimum atomic E-state index is 0.00142. The van der Waals surface area contributed by atoms with E-state index in [-0.39, 0.29) is 5.91 Å². The van der Waals surface area contributed by atoms with Crippen LogP contribution in [0.15, 0.2) is 29.8 Å². The number of hydrogen-bond donors (Lipinski definition) is 1. The zero-order valence-electron chi connectivity index (χ0n) is 12.6. The Morgan fingerprint density at radius 3 is 3.05 bits per heavy atom. The van der Waals surface area contributed by atoms with Crippen LogP contribution in [0.5, 0.6) is 0 Å². The van der Waals surface area contributed by atoms with Crippen molar-refractivity contribution in [3.63, 3.8) is 0 Å². The van der Waals surface area contributed by atoms with Crippen LogP contribution >= 0.6 is 11.3 Å². The number of aromatic nitrogens is 2. The molecule has 0 saturated heterocycles. The number of likely N-dealkylation sites (N-methyl/N-ethyl adjacent to an activating group) is 1. The van der Waals surface area contributed by atoms with Crippen molar-refractivity contribution >= 4 is 23.1 Å². The number of carbonyl (C=O) groups is 1. The largest absolute Gasteiger partial charge is 0.310 e. The summed E-state index contributed by atoms with van der Waals surface area (Å²) in [6, 6.07) is 5.92. The van der Waals surface area contributed by atoms with E-state index in [1.807, 2.05) is 34.1 Å². The number of anilines is 1. The van der Waals surface area contributed by atoms with Gasteiger partial charge in [0.15, 0.2) is 0 Å². The molecule has 2 rings (SSSR count). The van der Waals surface area contributed by atoms with Gasteiger partial charge in [0.1, 0.15) is 5.82 Å². The van der Waals surface area contributed by atoms with E-state index in [0.717, 1.165) is 25.2 Å². The van der Waals surface area contributed by atoms with Gasteiger partial charge in [0.2, 0.25) is 5.91 Å². The van der Waals surface area contributed by atoms with Gasteiger partial charge in [0.25, 0.3) is 0 Å². The highest BCUT2D eigenvalue weighted by atomic mass is 32.1. The lowest BCUT2D eigenvalue weighted by Gasteiger charge is -2.16. The topological polar surface area (TPSA) is 50.2 Å². The van der Waals surface area contributed by atoms with Crippen molar-refractivity contribution in [2.24, 2.45) is 0 Å². The maximum atomic E-state index is 12.0. The Labute approximate surface area is 129 Å². The van der Waals surface area contributed by atoms with Gasteiger partial charge in [-0.05, 0) is 31.5 Å². The van der Waals surface area contributed by atoms with E-state index in [0.29, 0.717) is 13.1 Å². The van der Waals surface area contributed by atoms with Gasteiger partial charge in [-0.2, -0.15) is 5.10 Å². The van der Waals surface area contributed by atoms with E-state index in [2.05, 4.69) is 23.4 Å². The summed E-state index contributed by atoms with van der Waals surface area (Å²) in [5.41, 5.74) is 0. The molecule has 6 heteroatoms. The van der Waals surface area contributed by atoms with Crippen molar-refractivity contribution < 1.29 is 4.79 Å². The van der Waals surface area contributed by atoms with Crippen LogP contribution in [-0.2, 0) is 11.3 Å². The number of thiophene rings is 1. The molecular weight excluding hydrogens is 284 g/mol. The predicted molar refractivity (Wildman–Crippen MR) is 86.7 cm³/mol. The second-order valence-corrected chi connectivity index (χ2v) is 6.13. The molecule has 21 heavy (non-hydrogen) atoms. The smallest absolute Gasteiger partial charge is 0.239 e. The van der Waals surface area contributed by atoms with E-state index in [1.54, 1.807) is 17.5 Å². The molecule has 0 spiro atoms. The third kappa shape index (κ3) is 4.99. The molecule has 0 aliphatic carbocycles. The number of unbranched alkanes of at least 4 members (excludes halogenated alkanes) is 1. The summed E-state index contributed by atoms with van der Waals surface area (Å²) >= 11 is 1.69. The third-order valence-corrected chi connectivity index (χ3v) is 4.04. The van der Waals surface area contributed by atoms with Gasteiger partial charge >= 0.3 is 0 Å². The molecule has 0 unspecified atom stereocenters. The predicted octanol–water partition coefficient (Wildman–Crippen LogP) is 2.66. The van der Waals surface area contributed by atoms with Crippen molar-refractivity contribution in [2.45, 2.75) is 26.3 Å². The molecule has 0 saturated carbocycles. The Morgan fingerprint density at radius 1 is 1.48 bits per heavy atom. The molecule has 0 bridgehead atoms. The second-order valence-electron chi connectivity index (χ2n) is 5.09. The summed E-state index contributed by atoms with van der Waals surface area (Å²) in [4.78, 5) is 15.3. The lowest BCUT2D eigenvalue weighted by atomic mass is 10.3. The molecule has 1 amide bonds. The van der Waals surface area contributed by atoms with Gasteiger partial charge in [0.05, 0.1) is 19.3 Å². The molecule has 0 aliphatic rings. The molecule has 0 atom stereocenters. The molecule has 0 radical (unpaired) electrons. The highest BCUT2D eigenvalue weighted by Gasteiger charge is 2.10. The third-order valence-electron chi connectivity index (χ3n) is 3.18. The highest BCUT2D eigenvalue weighted by molar-refractivity contribution is 7.09. The first-order valence-electron chi connectivity index (χ1n) is 7.21. The van der Waals surface area contributed by atoms with Gasteiger partial charge in [-0.25, -0.2) is 4.68 Å². The molecule has 2 aromatic rings. The minimum absolute atomic E-state index is 0.00142. The standard InChI is InChI=1S/C15H22N4OS/c1-3-4-9-18(2)12-15(20)17-14-7-8-16-19(14)11-13-6-5-10-21-13/h5-8,10H,3-4,9,11-12H2,1-2H3,(H,17,20). The second kappa shape index (κ2) is 7.95. The van der Waals surface area contributed by atoms with Gasteiger partial charge in [-0.15, -0.1) is 11.3 Å². The average molecular weight is 306 g/mol. The van der Waals surface area contributed by atoms with Gasteiger partial charge in [-0.1, -0.05) is 19.4 Å². The first kappa shape index (κ1) is 15.7. The van der Waals surface area contributed by atoms with E-state index < -0.39 is 0 Å². The summed E-state index contributed by atoms with van der Waals surface area (Å²) in [6.07, 6.45) is 3.96. The SMILES string of the molecule is CCCCN(C)CC(=O)Nc1ccnn1Cc1cccs1. The minimum Gasteiger partial charge on any atom is -0.310 e. The maximum Gasteiger partial charge on any atom is 0.239 e. The fourth-order valence-electron chi connectivity index (χ4n) is 2.05. The number of amides is 1. The van der Waals surface area contributed by atoms with Crippen molar-refractivity contribution in [1.82, 2.24) is 14.7 Å². The summed E-state index contributed by atoms with van der Waals surface area (Å²) in [5, 5.41) is 9.24. The molecule has 114 valence electrons. The first-order chi connectivity index (χ1) is 10.2. The van der Waals surface area contributed by atoms with Crippen molar-refractivity contribution in [1.29, 1.82) is 0 Å². The van der Waals surface area contributed by atoms with Gasteiger partial charge in [-0.3, -0.25) is 9.69 Å². The normalized spacial score (nSPS) is 11.0. The monoisotopic (exact) mass is 306 g/mol. The van der Waals surface area contributed by atoms with E-state index >= 15 is 0 Å². The Balaban J connectivity index is 1.88. The number of nitrogens with zero attached hydrogens (tertiary/aromatic N) is 3. The Bertz CT molecular complexity index is 550. The average Bonchev–Trinajstić information content (AvgIpc) is 3.09. The van der Waals surface area contributed by atoms with Crippen LogP contribution in [0, 0.1) is 0 Å². The van der Waals surface area contributed by atoms with Crippen LogP contribution in [0.3, 0.4) is 0 Å². The Morgan fingerprint density at radius 2 is 2.33 bits per heavy atom. The maximum absolute atomic E-state index is 12.0. The first-order valence-corrected chi connectivity index (χ1v) is 8.09. The van der Waals surface area contributed by atoms with Crippen molar-refractivity contribution in [3.8, 4) is 0 Å². The van der Waals surface area contributed by atoms with E-state index in [1.165, 1.54) is 4.88 Å². The lowest BCUT2D eigenvalue weighted by molar-refractivity contribution is -0.117. The molecule has 0 aromatic carbocycles. The van der Waals surface area contributed by atoms with Crippen LogP contribution in [0.25, 0.3) is 0 Å². The van der Waals surface area contributed by atoms with E-state index in [4.69, 9.17) is 0 Å². The van der Waals surface area contributed by atoms with E-state index in [9.17, 15) is 4.79 Å². The van der Waals surface area contributed by atoms with Gasteiger partial charge < -0.3 is 5.32 Å². The zero-order chi connectivity index (χ0) is 15.1.